The zero-order chi connectivity index (χ0) is 24.3. The molecule has 176 valence electrons. The molecule has 3 aliphatic heterocycles. The van der Waals surface area contributed by atoms with Gasteiger partial charge in [-0.2, -0.15) is 10.2 Å². The molecule has 11 heteroatoms. The maximum absolute atomic E-state index is 14.7. The van der Waals surface area contributed by atoms with E-state index in [1.54, 1.807) is 11.8 Å². The first-order valence-corrected chi connectivity index (χ1v) is 11.0. The predicted molar refractivity (Wildman–Crippen MR) is 119 cm³/mol. The van der Waals surface area contributed by atoms with Crippen LogP contribution in [0.2, 0.25) is 0 Å². The van der Waals surface area contributed by atoms with Gasteiger partial charge in [-0.05, 0) is 56.2 Å². The van der Waals surface area contributed by atoms with Crippen LogP contribution in [-0.2, 0) is 9.53 Å². The minimum Gasteiger partial charge on any atom is -0.355 e. The van der Waals surface area contributed by atoms with E-state index in [0.717, 1.165) is 0 Å². The van der Waals surface area contributed by atoms with Gasteiger partial charge < -0.3 is 14.2 Å². The number of anilines is 2. The lowest BCUT2D eigenvalue weighted by Gasteiger charge is -2.46. The van der Waals surface area contributed by atoms with E-state index in [0.29, 0.717) is 30.7 Å². The molecule has 1 aromatic heterocycles. The first-order chi connectivity index (χ1) is 16.9. The number of carbonyl (C=O) groups excluding carboxylic acids is 1. The highest BCUT2D eigenvalue weighted by molar-refractivity contribution is 6.13. The van der Waals surface area contributed by atoms with Crippen LogP contribution >= 0.6 is 0 Å². The molecule has 35 heavy (non-hydrogen) atoms. The van der Waals surface area contributed by atoms with E-state index in [1.807, 2.05) is 6.07 Å². The highest BCUT2D eigenvalue weighted by atomic mass is 19.1. The topological polar surface area (TPSA) is 108 Å². The van der Waals surface area contributed by atoms with E-state index in [1.165, 1.54) is 47.6 Å². The molecule has 0 aliphatic carbocycles. The summed E-state index contributed by atoms with van der Waals surface area (Å²) < 4.78 is 39.3. The quantitative estimate of drug-likeness (QED) is 0.567. The molecule has 0 saturated carbocycles. The van der Waals surface area contributed by atoms with Crippen molar-refractivity contribution in [3.63, 3.8) is 0 Å². The summed E-state index contributed by atoms with van der Waals surface area (Å²) in [7, 11) is 0. The number of hydrogen-bond donors (Lipinski definition) is 0. The second kappa shape index (κ2) is 7.68. The monoisotopic (exact) mass is 476 g/mol. The fourth-order valence-corrected chi connectivity index (χ4v) is 4.93. The number of aromatic nitrogens is 2. The molecule has 6 rings (SSSR count). The van der Waals surface area contributed by atoms with Crippen molar-refractivity contribution in [2.75, 3.05) is 16.4 Å². The molecular formula is C24H18F2N6O3. The summed E-state index contributed by atoms with van der Waals surface area (Å²) >= 11 is 0. The average Bonchev–Trinajstić information content (AvgIpc) is 3.59. The third-order valence-corrected chi connectivity index (χ3v) is 6.61. The first kappa shape index (κ1) is 21.4. The lowest BCUT2D eigenvalue weighted by molar-refractivity contribution is -0.125. The third kappa shape index (κ3) is 3.14. The molecule has 3 unspecified atom stereocenters. The molecule has 4 heterocycles. The Hall–Kier alpha value is -4.17. The van der Waals surface area contributed by atoms with Gasteiger partial charge >= 0.3 is 0 Å². The van der Waals surface area contributed by atoms with E-state index in [9.17, 15) is 18.8 Å². The lowest BCUT2D eigenvalue weighted by Crippen LogP contribution is -2.60. The van der Waals surface area contributed by atoms with Gasteiger partial charge in [-0.15, -0.1) is 0 Å². The highest BCUT2D eigenvalue weighted by Crippen LogP contribution is 2.49. The number of nitrogens with zero attached hydrogens (tertiary/aromatic N) is 6. The van der Waals surface area contributed by atoms with Crippen LogP contribution in [0.5, 0.6) is 0 Å². The van der Waals surface area contributed by atoms with Crippen LogP contribution in [0, 0.1) is 23.0 Å². The van der Waals surface area contributed by atoms with Gasteiger partial charge in [0.2, 0.25) is 5.82 Å². The average molecular weight is 476 g/mol. The van der Waals surface area contributed by atoms with Gasteiger partial charge in [0.05, 0.1) is 17.7 Å². The Labute approximate surface area is 198 Å². The Morgan fingerprint density at radius 2 is 2.00 bits per heavy atom. The minimum absolute atomic E-state index is 0.102. The Bertz CT molecular complexity index is 1410. The fourth-order valence-electron chi connectivity index (χ4n) is 4.93. The number of rotatable bonds is 3. The van der Waals surface area contributed by atoms with Crippen molar-refractivity contribution in [1.29, 1.82) is 5.26 Å². The molecule has 1 fully saturated rings. The minimum atomic E-state index is -1.06. The highest BCUT2D eigenvalue weighted by Gasteiger charge is 2.54. The zero-order valence-electron chi connectivity index (χ0n) is 18.5. The fraction of sp³-hybridized carbons (Fsp3) is 0.292. The van der Waals surface area contributed by atoms with Crippen molar-refractivity contribution in [2.45, 2.75) is 37.6 Å². The molecule has 1 amide bonds. The lowest BCUT2D eigenvalue weighted by atomic mass is 9.95. The molecule has 0 N–H and O–H groups in total. The normalized spacial score (nSPS) is 25.0. The number of aliphatic imine (C=N–C) groups is 1. The van der Waals surface area contributed by atoms with Gasteiger partial charge in [-0.25, -0.2) is 8.78 Å². The van der Waals surface area contributed by atoms with E-state index >= 15 is 0 Å². The van der Waals surface area contributed by atoms with Crippen molar-refractivity contribution < 1.29 is 22.8 Å². The summed E-state index contributed by atoms with van der Waals surface area (Å²) in [6.45, 7) is 2.19. The zero-order valence-corrected chi connectivity index (χ0v) is 18.5. The van der Waals surface area contributed by atoms with Crippen LogP contribution in [0.4, 0.5) is 20.2 Å². The maximum Gasteiger partial charge on any atom is 0.255 e. The van der Waals surface area contributed by atoms with Crippen molar-refractivity contribution in [2.24, 2.45) is 4.99 Å². The van der Waals surface area contributed by atoms with Gasteiger partial charge in [-0.3, -0.25) is 14.7 Å². The standard InChI is InChI=1S/C24H18F2N6O3/c1-24(9-2-10-34-24)32-19-15(11-27)16(26)7-8-17(19)31-12-28-18(20(31)23(32)33)22-29-21(30-35-22)13-3-5-14(25)6-4-13/h3-8,12,18,20H,2,9-10H2,1H3. The molecule has 0 bridgehead atoms. The Morgan fingerprint density at radius 1 is 1.20 bits per heavy atom. The molecule has 1 saturated heterocycles. The SMILES string of the molecule is CC1(N2C(=O)C3C(c4nc(-c5ccc(F)cc5)no4)N=CN3c3ccc(F)c(C#N)c32)CCCO1. The molecule has 2 aromatic carbocycles. The van der Waals surface area contributed by atoms with Crippen molar-refractivity contribution in [3.8, 4) is 17.5 Å². The van der Waals surface area contributed by atoms with Crippen molar-refractivity contribution >= 4 is 23.6 Å². The summed E-state index contributed by atoms with van der Waals surface area (Å²) in [5.74, 6) is -1.21. The molecule has 9 nitrogen and oxygen atoms in total. The molecule has 3 aliphatic rings. The number of hydrogen-bond acceptors (Lipinski definition) is 8. The summed E-state index contributed by atoms with van der Waals surface area (Å²) in [4.78, 5) is 25.9. The van der Waals surface area contributed by atoms with Crippen LogP contribution in [0.3, 0.4) is 0 Å². The van der Waals surface area contributed by atoms with E-state index in [-0.39, 0.29) is 23.0 Å². The largest absolute Gasteiger partial charge is 0.355 e. The van der Waals surface area contributed by atoms with Gasteiger partial charge in [0.15, 0.2) is 6.04 Å². The van der Waals surface area contributed by atoms with Crippen molar-refractivity contribution in [1.82, 2.24) is 10.1 Å². The Kier molecular flexibility index (Phi) is 4.69. The van der Waals surface area contributed by atoms with E-state index < -0.39 is 35.4 Å². The Morgan fingerprint density at radius 3 is 2.71 bits per heavy atom. The number of nitriles is 1. The third-order valence-electron chi connectivity index (χ3n) is 6.61. The van der Waals surface area contributed by atoms with Gasteiger partial charge in [0.25, 0.3) is 11.8 Å². The number of halogens is 2. The summed E-state index contributed by atoms with van der Waals surface area (Å²) in [6, 6.07) is 8.48. The van der Waals surface area contributed by atoms with E-state index in [2.05, 4.69) is 15.1 Å². The first-order valence-electron chi connectivity index (χ1n) is 11.0. The summed E-state index contributed by atoms with van der Waals surface area (Å²) in [5.41, 5.74) is -0.141. The van der Waals surface area contributed by atoms with Crippen LogP contribution in [0.25, 0.3) is 11.4 Å². The van der Waals surface area contributed by atoms with E-state index in [4.69, 9.17) is 9.26 Å². The van der Waals surface area contributed by atoms with Crippen LogP contribution in [0.15, 0.2) is 45.9 Å². The molecule has 0 radical (unpaired) electrons. The van der Waals surface area contributed by atoms with Crippen molar-refractivity contribution in [3.05, 3.63) is 59.5 Å². The number of carbonyl (C=O) groups is 1. The second-order valence-electron chi connectivity index (χ2n) is 8.73. The number of ether oxygens (including phenoxy) is 1. The van der Waals surface area contributed by atoms with Gasteiger partial charge in [0.1, 0.15) is 35.0 Å². The predicted octanol–water partition coefficient (Wildman–Crippen LogP) is 3.72. The second-order valence-corrected chi connectivity index (χ2v) is 8.73. The van der Waals surface area contributed by atoms with Crippen LogP contribution in [-0.4, -0.2) is 40.8 Å². The van der Waals surface area contributed by atoms with Gasteiger partial charge in [-0.1, -0.05) is 5.16 Å². The smallest absolute Gasteiger partial charge is 0.255 e. The molecular weight excluding hydrogens is 458 g/mol. The number of fused-ring (bicyclic) bond motifs is 3. The van der Waals surface area contributed by atoms with Crippen LogP contribution in [0.1, 0.15) is 37.3 Å². The molecule has 0 spiro atoms. The van der Waals surface area contributed by atoms with Crippen LogP contribution < -0.4 is 9.80 Å². The molecule has 3 aromatic rings. The summed E-state index contributed by atoms with van der Waals surface area (Å²) in [6.07, 6.45) is 2.70. The van der Waals surface area contributed by atoms with Gasteiger partial charge in [0, 0.05) is 12.2 Å². The number of benzene rings is 2. The summed E-state index contributed by atoms with van der Waals surface area (Å²) in [5, 5.41) is 13.7. The maximum atomic E-state index is 14.7. The molecule has 3 atom stereocenters. The number of amides is 1. The Balaban J connectivity index is 1.45.